The van der Waals surface area contributed by atoms with Crippen LogP contribution in [0.25, 0.3) is 0 Å². The number of nitrogens with two attached hydrogens (primary N) is 3. The molecule has 3 aromatic rings. The summed E-state index contributed by atoms with van der Waals surface area (Å²) in [6, 6.07) is 19.2. The quantitative estimate of drug-likeness (QED) is 0.0420. The minimum atomic E-state index is -1.27. The third-order valence-corrected chi connectivity index (χ3v) is 17.9. The number of phenols is 1. The summed E-state index contributed by atoms with van der Waals surface area (Å²) < 4.78 is 0. The van der Waals surface area contributed by atoms with Gasteiger partial charge < -0.3 is 53.2 Å². The summed E-state index contributed by atoms with van der Waals surface area (Å²) >= 11 is 0. The number of carbonyl (C=O) groups excluding carboxylic acids is 2. The Balaban J connectivity index is 1.22. The summed E-state index contributed by atoms with van der Waals surface area (Å²) in [6.45, 7) is 10.0. The number of aliphatic imine (C=N–C) groups is 1. The van der Waals surface area contributed by atoms with Crippen LogP contribution in [0.15, 0.2) is 130 Å². The van der Waals surface area contributed by atoms with E-state index in [0.717, 1.165) is 53.5 Å². The Labute approximate surface area is 448 Å². The van der Waals surface area contributed by atoms with E-state index in [0.29, 0.717) is 79.2 Å². The first-order valence-corrected chi connectivity index (χ1v) is 27.5. The van der Waals surface area contributed by atoms with Crippen LogP contribution in [0.1, 0.15) is 136 Å². The lowest BCUT2D eigenvalue weighted by atomic mass is 9.45. The van der Waals surface area contributed by atoms with Crippen molar-refractivity contribution in [1.29, 1.82) is 0 Å². The van der Waals surface area contributed by atoms with Gasteiger partial charge in [0.2, 0.25) is 5.91 Å². The average molecular weight is 1040 g/mol. The molecule has 1 spiro atoms. The molecule has 14 nitrogen and oxygen atoms in total. The van der Waals surface area contributed by atoms with Gasteiger partial charge in [-0.25, -0.2) is 0 Å². The van der Waals surface area contributed by atoms with E-state index in [1.807, 2.05) is 67.6 Å². The van der Waals surface area contributed by atoms with Gasteiger partial charge in [-0.3, -0.25) is 19.9 Å². The Morgan fingerprint density at radius 2 is 1.71 bits per heavy atom. The summed E-state index contributed by atoms with van der Waals surface area (Å²) in [5.74, 6) is -2.71. The molecule has 3 aromatic carbocycles. The van der Waals surface area contributed by atoms with Crippen LogP contribution in [0.3, 0.4) is 0 Å². The number of aromatic hydroxyl groups is 1. The summed E-state index contributed by atoms with van der Waals surface area (Å²) in [7, 11) is 0. The Kier molecular flexibility index (Phi) is 18.1. The lowest BCUT2D eigenvalue weighted by Gasteiger charge is -2.61. The van der Waals surface area contributed by atoms with Crippen LogP contribution in [0.4, 0.5) is 0 Å². The SMILES string of the molecule is C=C(C=CC=C(CO)C1CC2CCCC3(O)CCC4=C(C)C(=O)Cc5cccc6c5C(NCC(O)C(C(CN=C(N)N)c5ccc(O)cc5)Cc5cccc(c5)CC(O)CCC4C23C1O)C(=O)NC6N)CCC=C(C)C. The lowest BCUT2D eigenvalue weighted by Crippen LogP contribution is -2.65. The molecular weight excluding hydrogens is 957 g/mol. The second-order valence-electron chi connectivity index (χ2n) is 22.8. The highest BCUT2D eigenvalue weighted by molar-refractivity contribution is 5.98. The molecule has 0 saturated heterocycles. The number of amides is 1. The third kappa shape index (κ3) is 11.9. The Morgan fingerprint density at radius 3 is 2.43 bits per heavy atom. The Bertz CT molecular complexity index is 2760. The molecule has 0 aromatic heterocycles. The number of aliphatic hydroxyl groups excluding tert-OH is 4. The zero-order valence-electron chi connectivity index (χ0n) is 44.6. The van der Waals surface area contributed by atoms with E-state index in [1.54, 1.807) is 24.3 Å². The summed E-state index contributed by atoms with van der Waals surface area (Å²) in [5.41, 5.74) is 24.7. The van der Waals surface area contributed by atoms with Gasteiger partial charge in [0, 0.05) is 36.8 Å². The number of allylic oxidation sites excluding steroid dienone is 8. The molecule has 3 saturated carbocycles. The molecule has 14 heteroatoms. The second kappa shape index (κ2) is 24.3. The number of aliphatic hydroxyl groups is 5. The fraction of sp³-hybridized carbons (Fsp3) is 0.500. The molecule has 12 unspecified atom stereocenters. The number of rotatable bonds is 11. The zero-order chi connectivity index (χ0) is 54.5. The highest BCUT2D eigenvalue weighted by Crippen LogP contribution is 2.69. The smallest absolute Gasteiger partial charge is 0.243 e. The Hall–Kier alpha value is -5.71. The van der Waals surface area contributed by atoms with Gasteiger partial charge in [-0.1, -0.05) is 109 Å². The van der Waals surface area contributed by atoms with Crippen molar-refractivity contribution in [3.8, 4) is 5.75 Å². The average Bonchev–Trinajstić information content (AvgIpc) is 3.68. The van der Waals surface area contributed by atoms with Crippen molar-refractivity contribution in [1.82, 2.24) is 10.6 Å². The van der Waals surface area contributed by atoms with Crippen LogP contribution >= 0.6 is 0 Å². The van der Waals surface area contributed by atoms with Crippen LogP contribution in [0.2, 0.25) is 0 Å². The Morgan fingerprint density at radius 1 is 0.974 bits per heavy atom. The number of benzene rings is 3. The third-order valence-electron chi connectivity index (χ3n) is 17.9. The van der Waals surface area contributed by atoms with E-state index in [9.17, 15) is 35.4 Å². The summed E-state index contributed by atoms with van der Waals surface area (Å²) in [6.07, 6.45) is 10.4. The van der Waals surface area contributed by atoms with Gasteiger partial charge in [-0.15, -0.1) is 0 Å². The molecule has 76 heavy (non-hydrogen) atoms. The number of guanidine groups is 1. The van der Waals surface area contributed by atoms with Crippen molar-refractivity contribution in [3.05, 3.63) is 159 Å². The number of hydrogen-bond donors (Lipinski definition) is 11. The van der Waals surface area contributed by atoms with Gasteiger partial charge >= 0.3 is 0 Å². The molecule has 2 aliphatic heterocycles. The van der Waals surface area contributed by atoms with Crippen LogP contribution in [0, 0.1) is 29.1 Å². The number of fused-ring (bicyclic) bond motifs is 3. The van der Waals surface area contributed by atoms with Gasteiger partial charge in [0.05, 0.1) is 30.5 Å². The van der Waals surface area contributed by atoms with E-state index in [1.165, 1.54) is 5.57 Å². The van der Waals surface area contributed by atoms with Crippen molar-refractivity contribution in [3.63, 3.8) is 0 Å². The number of hydrogen-bond acceptors (Lipinski definition) is 11. The van der Waals surface area contributed by atoms with Crippen molar-refractivity contribution < 1.29 is 40.2 Å². The lowest BCUT2D eigenvalue weighted by molar-refractivity contribution is -0.216. The summed E-state index contributed by atoms with van der Waals surface area (Å²) in [4.78, 5) is 33.7. The number of carbonyl (C=O) groups is 2. The molecule has 3 fully saturated rings. The van der Waals surface area contributed by atoms with Crippen LogP contribution in [-0.4, -0.2) is 91.9 Å². The van der Waals surface area contributed by atoms with Crippen molar-refractivity contribution >= 4 is 17.6 Å². The van der Waals surface area contributed by atoms with E-state index in [-0.39, 0.29) is 49.5 Å². The predicted molar refractivity (Wildman–Crippen MR) is 297 cm³/mol. The maximum Gasteiger partial charge on any atom is 0.243 e. The van der Waals surface area contributed by atoms with Gasteiger partial charge in [-0.05, 0) is 166 Å². The van der Waals surface area contributed by atoms with E-state index in [4.69, 9.17) is 17.2 Å². The number of Topliss-reactive ketones (excluding diaryl/α,β-unsaturated/α-hetero) is 1. The molecule has 408 valence electrons. The molecular formula is C62H82N6O8. The standard InChI is InChI=1S/C62H82N6O8/c1-36(2)10-5-11-37(3)12-6-16-43(35-69)49-32-44-17-9-26-61(76)27-25-47-38(4)53(72)31-42-15-8-18-48-55(42)56(59(75)68-58(48)63)66-34-54(73)50(51(33-67-60(64)65)41-19-21-45(70)22-20-41)30-40-14-7-13-39(28-40)29-46(71)23-24-52(47)62(44,61)57(49)74/h6-8,10,12-16,18-22,28,44,46,49-52,54,56-58,66,69-71,73-74,76H,3,5,9,11,17,23-27,29-35,63H2,1-2,4H3,(H,68,75)(H4,64,65,67). The number of nitrogens with one attached hydrogen (secondary N) is 2. The van der Waals surface area contributed by atoms with E-state index in [2.05, 4.69) is 42.1 Å². The molecule has 3 aliphatic carbocycles. The minimum Gasteiger partial charge on any atom is -0.508 e. The summed E-state index contributed by atoms with van der Waals surface area (Å²) in [5, 5.41) is 78.5. The molecule has 12 atom stereocenters. The maximum atomic E-state index is 15.2. The molecule has 14 N–H and O–H groups in total. The normalized spacial score (nSPS) is 30.8. The van der Waals surface area contributed by atoms with Gasteiger partial charge in [0.25, 0.3) is 0 Å². The largest absolute Gasteiger partial charge is 0.508 e. The van der Waals surface area contributed by atoms with Crippen molar-refractivity contribution in [2.75, 3.05) is 19.7 Å². The van der Waals surface area contributed by atoms with Crippen molar-refractivity contribution in [2.24, 2.45) is 51.3 Å². The topological polar surface area (TPSA) is 270 Å². The minimum absolute atomic E-state index is 0.0515. The number of nitrogens with zero attached hydrogens (tertiary/aromatic N) is 1. The van der Waals surface area contributed by atoms with Gasteiger partial charge in [0.1, 0.15) is 18.0 Å². The van der Waals surface area contributed by atoms with Crippen molar-refractivity contribution in [2.45, 2.75) is 146 Å². The van der Waals surface area contributed by atoms with Gasteiger partial charge in [0.15, 0.2) is 11.7 Å². The second-order valence-corrected chi connectivity index (χ2v) is 22.8. The van der Waals surface area contributed by atoms with Gasteiger partial charge in [-0.2, -0.15) is 0 Å². The molecule has 1 amide bonds. The number of β-amino-alcohol motifs (C(OH)–C–C–N with tert-alkyl or cyclic N) is 1. The fourth-order valence-electron chi connectivity index (χ4n) is 14.3. The molecule has 2 bridgehead atoms. The molecule has 5 aliphatic rings. The maximum absolute atomic E-state index is 15.2. The molecule has 2 heterocycles. The molecule has 0 radical (unpaired) electrons. The monoisotopic (exact) mass is 1040 g/mol. The first kappa shape index (κ1) is 56.5. The highest BCUT2D eigenvalue weighted by atomic mass is 16.3. The number of phenolic OH excluding ortho intramolecular Hbond substituents is 1. The van der Waals surface area contributed by atoms with Crippen LogP contribution < -0.4 is 27.8 Å². The zero-order valence-corrected chi connectivity index (χ0v) is 44.6. The highest BCUT2D eigenvalue weighted by Gasteiger charge is 2.70. The van der Waals surface area contributed by atoms with Crippen LogP contribution in [-0.2, 0) is 28.9 Å². The number of ketones is 1. The fourth-order valence-corrected chi connectivity index (χ4v) is 14.3. The van der Waals surface area contributed by atoms with Crippen LogP contribution in [0.5, 0.6) is 5.75 Å². The van der Waals surface area contributed by atoms with E-state index >= 15 is 4.79 Å². The first-order valence-electron chi connectivity index (χ1n) is 27.5. The van der Waals surface area contributed by atoms with E-state index < -0.39 is 71.1 Å². The first-order chi connectivity index (χ1) is 36.3. The predicted octanol–water partition coefficient (Wildman–Crippen LogP) is 6.60. The molecule has 8 rings (SSSR count).